The number of ether oxygens (including phenoxy) is 2. The first-order valence-corrected chi connectivity index (χ1v) is 14.9. The van der Waals surface area contributed by atoms with Gasteiger partial charge in [0.1, 0.15) is 0 Å². The molecule has 3 aliphatic carbocycles. The Morgan fingerprint density at radius 2 is 1.72 bits per heavy atom. The van der Waals surface area contributed by atoms with E-state index in [0.29, 0.717) is 30.6 Å². The third kappa shape index (κ3) is 6.15. The van der Waals surface area contributed by atoms with Crippen LogP contribution in [0.15, 0.2) is 53.7 Å². The molecule has 0 radical (unpaired) electrons. The van der Waals surface area contributed by atoms with Crippen LogP contribution >= 0.6 is 0 Å². The summed E-state index contributed by atoms with van der Waals surface area (Å²) in [6.07, 6.45) is 15.9. The summed E-state index contributed by atoms with van der Waals surface area (Å²) in [6.45, 7) is 1.10. The highest BCUT2D eigenvalue weighted by molar-refractivity contribution is 6.10. The van der Waals surface area contributed by atoms with Crippen molar-refractivity contribution in [3.63, 3.8) is 0 Å². The first kappa shape index (κ1) is 26.0. The van der Waals surface area contributed by atoms with E-state index in [9.17, 15) is 4.79 Å². The van der Waals surface area contributed by atoms with Gasteiger partial charge in [0, 0.05) is 36.1 Å². The van der Waals surface area contributed by atoms with Crippen LogP contribution < -0.4 is 20.1 Å². The average Bonchev–Trinajstić information content (AvgIpc) is 3.70. The van der Waals surface area contributed by atoms with Gasteiger partial charge in [0.05, 0.1) is 6.04 Å². The van der Waals surface area contributed by atoms with Crippen molar-refractivity contribution >= 4 is 23.4 Å². The molecule has 3 fully saturated rings. The highest BCUT2D eigenvalue weighted by Crippen LogP contribution is 2.41. The van der Waals surface area contributed by atoms with Crippen molar-refractivity contribution < 1.29 is 14.3 Å². The average molecular weight is 528 g/mol. The van der Waals surface area contributed by atoms with Gasteiger partial charge in [0.2, 0.25) is 12.7 Å². The van der Waals surface area contributed by atoms with Gasteiger partial charge in [-0.1, -0.05) is 37.5 Å². The minimum Gasteiger partial charge on any atom is -0.454 e. The molecule has 4 aliphatic rings. The molecule has 206 valence electrons. The van der Waals surface area contributed by atoms with E-state index in [1.165, 1.54) is 12.0 Å². The van der Waals surface area contributed by atoms with E-state index in [-0.39, 0.29) is 5.92 Å². The number of nitrogens with two attached hydrogens (primary N) is 1. The van der Waals surface area contributed by atoms with Crippen molar-refractivity contribution in [3.05, 3.63) is 59.8 Å². The lowest BCUT2D eigenvalue weighted by Gasteiger charge is -2.35. The van der Waals surface area contributed by atoms with Gasteiger partial charge in [-0.3, -0.25) is 9.79 Å². The molecule has 0 saturated heterocycles. The number of anilines is 1. The number of hydrogen-bond acceptors (Lipinski definition) is 5. The van der Waals surface area contributed by atoms with Crippen LogP contribution in [0.25, 0.3) is 5.57 Å². The summed E-state index contributed by atoms with van der Waals surface area (Å²) in [5.41, 5.74) is 10.3. The second-order valence-electron chi connectivity index (χ2n) is 11.8. The van der Waals surface area contributed by atoms with Gasteiger partial charge in [-0.15, -0.1) is 0 Å². The number of amides is 1. The topological polar surface area (TPSA) is 77.2 Å². The normalized spacial score (nSPS) is 23.7. The summed E-state index contributed by atoms with van der Waals surface area (Å²) in [5, 5.41) is 0. The molecule has 0 bridgehead atoms. The zero-order valence-corrected chi connectivity index (χ0v) is 22.9. The SMILES string of the molecule is NC=C(C=NC1CC1)c1cccc(N(CC2CCC(c3ccc4c(c3)OCO4)CC2)C(=O)C2CCCCC2)c1. The molecule has 1 aliphatic heterocycles. The fourth-order valence-corrected chi connectivity index (χ4v) is 6.47. The third-order valence-corrected chi connectivity index (χ3v) is 9.02. The standard InChI is InChI=1S/C33H41N3O3/c34-19-28(20-35-29-14-15-29)26-7-4-8-30(17-26)36(33(37)25-5-2-1-3-6-25)21-23-9-11-24(12-10-23)27-13-16-31-32(18-27)39-22-38-31/h4,7-8,13,16-20,23-25,29H,1-3,5-6,9-12,14-15,21-22,34H2. The number of fused-ring (bicyclic) bond motifs is 1. The second-order valence-corrected chi connectivity index (χ2v) is 11.8. The maximum Gasteiger partial charge on any atom is 0.231 e. The zero-order chi connectivity index (χ0) is 26.6. The van der Waals surface area contributed by atoms with E-state index >= 15 is 0 Å². The summed E-state index contributed by atoms with van der Waals surface area (Å²) >= 11 is 0. The van der Waals surface area contributed by atoms with Crippen LogP contribution in [-0.4, -0.2) is 31.5 Å². The summed E-state index contributed by atoms with van der Waals surface area (Å²) in [6, 6.07) is 15.2. The summed E-state index contributed by atoms with van der Waals surface area (Å²) in [5.74, 6) is 3.17. The van der Waals surface area contributed by atoms with E-state index in [2.05, 4.69) is 46.3 Å². The quantitative estimate of drug-likeness (QED) is 0.382. The zero-order valence-electron chi connectivity index (χ0n) is 22.9. The Labute approximate surface area is 232 Å². The summed E-state index contributed by atoms with van der Waals surface area (Å²) in [7, 11) is 0. The number of allylic oxidation sites excluding steroid dienone is 1. The van der Waals surface area contributed by atoms with Crippen LogP contribution in [0, 0.1) is 11.8 Å². The van der Waals surface area contributed by atoms with Crippen LogP contribution in [-0.2, 0) is 4.79 Å². The van der Waals surface area contributed by atoms with Gasteiger partial charge in [0.15, 0.2) is 11.5 Å². The largest absolute Gasteiger partial charge is 0.454 e. The number of rotatable bonds is 8. The van der Waals surface area contributed by atoms with E-state index in [1.54, 1.807) is 6.20 Å². The minimum atomic E-state index is 0.133. The predicted octanol–water partition coefficient (Wildman–Crippen LogP) is 6.84. The first-order chi connectivity index (χ1) is 19.2. The molecular formula is C33H41N3O3. The molecule has 0 atom stereocenters. The van der Waals surface area contributed by atoms with Gasteiger partial charge >= 0.3 is 0 Å². The van der Waals surface area contributed by atoms with Crippen molar-refractivity contribution in [3.8, 4) is 11.5 Å². The molecule has 3 saturated carbocycles. The van der Waals surface area contributed by atoms with Crippen LogP contribution in [0.4, 0.5) is 5.69 Å². The van der Waals surface area contributed by atoms with E-state index in [1.807, 2.05) is 12.3 Å². The predicted molar refractivity (Wildman–Crippen MR) is 156 cm³/mol. The Balaban J connectivity index is 1.18. The van der Waals surface area contributed by atoms with Crippen molar-refractivity contribution in [1.82, 2.24) is 0 Å². The number of aliphatic imine (C=N–C) groups is 1. The first-order valence-electron chi connectivity index (χ1n) is 14.9. The van der Waals surface area contributed by atoms with Crippen molar-refractivity contribution in [2.24, 2.45) is 22.6 Å². The maximum atomic E-state index is 14.0. The Morgan fingerprint density at radius 3 is 2.49 bits per heavy atom. The van der Waals surface area contributed by atoms with Crippen LogP contribution in [0.3, 0.4) is 0 Å². The molecule has 2 N–H and O–H groups in total. The minimum absolute atomic E-state index is 0.133. The highest BCUT2D eigenvalue weighted by Gasteiger charge is 2.31. The van der Waals surface area contributed by atoms with Crippen molar-refractivity contribution in [1.29, 1.82) is 0 Å². The maximum absolute atomic E-state index is 14.0. The fourth-order valence-electron chi connectivity index (χ4n) is 6.47. The number of benzene rings is 2. The Morgan fingerprint density at radius 1 is 0.923 bits per heavy atom. The van der Waals surface area contributed by atoms with Crippen molar-refractivity contribution in [2.75, 3.05) is 18.2 Å². The lowest BCUT2D eigenvalue weighted by atomic mass is 9.78. The molecule has 2 aromatic rings. The van der Waals surface area contributed by atoms with E-state index < -0.39 is 0 Å². The highest BCUT2D eigenvalue weighted by atomic mass is 16.7. The number of carbonyl (C=O) groups excluding carboxylic acids is 1. The Bertz CT molecular complexity index is 1220. The summed E-state index contributed by atoms with van der Waals surface area (Å²) in [4.78, 5) is 20.7. The molecule has 6 rings (SSSR count). The van der Waals surface area contributed by atoms with Crippen LogP contribution in [0.1, 0.15) is 87.7 Å². The van der Waals surface area contributed by atoms with Crippen LogP contribution in [0.5, 0.6) is 11.5 Å². The molecule has 39 heavy (non-hydrogen) atoms. The lowest BCUT2D eigenvalue weighted by Crippen LogP contribution is -2.41. The Kier molecular flexibility index (Phi) is 7.89. The molecule has 1 amide bonds. The summed E-state index contributed by atoms with van der Waals surface area (Å²) < 4.78 is 11.1. The molecule has 2 aromatic carbocycles. The van der Waals surface area contributed by atoms with Gasteiger partial charge in [-0.2, -0.15) is 0 Å². The molecule has 0 aromatic heterocycles. The van der Waals surface area contributed by atoms with Crippen molar-refractivity contribution in [2.45, 2.75) is 82.6 Å². The lowest BCUT2D eigenvalue weighted by molar-refractivity contribution is -0.123. The molecule has 1 heterocycles. The molecule has 0 unspecified atom stereocenters. The number of hydrogen-bond donors (Lipinski definition) is 1. The van der Waals surface area contributed by atoms with E-state index in [4.69, 9.17) is 15.2 Å². The monoisotopic (exact) mass is 527 g/mol. The van der Waals surface area contributed by atoms with Gasteiger partial charge < -0.3 is 20.1 Å². The van der Waals surface area contributed by atoms with Gasteiger partial charge in [-0.25, -0.2) is 0 Å². The fraction of sp³-hybridized carbons (Fsp3) is 0.515. The van der Waals surface area contributed by atoms with Gasteiger partial charge in [0.25, 0.3) is 0 Å². The molecule has 6 heteroatoms. The smallest absolute Gasteiger partial charge is 0.231 e. The second kappa shape index (κ2) is 11.8. The van der Waals surface area contributed by atoms with Crippen LogP contribution in [0.2, 0.25) is 0 Å². The molecule has 6 nitrogen and oxygen atoms in total. The number of carbonyl (C=O) groups is 1. The Hall–Kier alpha value is -3.28. The van der Waals surface area contributed by atoms with Gasteiger partial charge in [-0.05, 0) is 98.6 Å². The number of nitrogens with zero attached hydrogens (tertiary/aromatic N) is 2. The third-order valence-electron chi connectivity index (χ3n) is 9.02. The molecule has 0 spiro atoms. The molecular weight excluding hydrogens is 486 g/mol. The van der Waals surface area contributed by atoms with E-state index in [0.717, 1.165) is 99.1 Å².